The van der Waals surface area contributed by atoms with Crippen LogP contribution >= 0.6 is 11.6 Å². The molecule has 0 aliphatic heterocycles. The molecule has 2 aromatic carbocycles. The summed E-state index contributed by atoms with van der Waals surface area (Å²) in [6.45, 7) is 3.71. The van der Waals surface area contributed by atoms with Crippen LogP contribution in [-0.2, 0) is 16.9 Å². The van der Waals surface area contributed by atoms with Gasteiger partial charge in [0.2, 0.25) is 9.84 Å². The maximum Gasteiger partial charge on any atom is 0.209 e. The molecule has 2 heterocycles. The van der Waals surface area contributed by atoms with Gasteiger partial charge in [-0.25, -0.2) is 13.4 Å². The van der Waals surface area contributed by atoms with Gasteiger partial charge in [0, 0.05) is 30.5 Å². The van der Waals surface area contributed by atoms with Crippen molar-refractivity contribution in [2.45, 2.75) is 23.6 Å². The van der Waals surface area contributed by atoms with E-state index in [1.807, 2.05) is 42.9 Å². The fourth-order valence-electron chi connectivity index (χ4n) is 3.34. The Morgan fingerprint density at radius 3 is 2.48 bits per heavy atom. The van der Waals surface area contributed by atoms with Crippen LogP contribution in [0, 0.1) is 13.8 Å². The van der Waals surface area contributed by atoms with Crippen molar-refractivity contribution in [1.82, 2.24) is 14.1 Å². The number of sulfone groups is 1. The summed E-state index contributed by atoms with van der Waals surface area (Å²) in [5.74, 6) is 0. The molecule has 4 rings (SSSR count). The number of aromatic nitrogens is 3. The highest BCUT2D eigenvalue weighted by atomic mass is 35.5. The van der Waals surface area contributed by atoms with Gasteiger partial charge >= 0.3 is 0 Å². The number of imidazole rings is 1. The number of hydrogen-bond donors (Lipinski definition) is 0. The maximum atomic E-state index is 13.4. The smallest absolute Gasteiger partial charge is 0.209 e. The zero-order valence-electron chi connectivity index (χ0n) is 15.1. The van der Waals surface area contributed by atoms with Gasteiger partial charge in [0.15, 0.2) is 0 Å². The number of benzene rings is 2. The Morgan fingerprint density at radius 1 is 1.04 bits per heavy atom. The van der Waals surface area contributed by atoms with Crippen molar-refractivity contribution in [3.8, 4) is 5.69 Å². The largest absolute Gasteiger partial charge is 0.349 e. The number of fused-ring (bicyclic) bond motifs is 1. The summed E-state index contributed by atoms with van der Waals surface area (Å²) in [5.41, 5.74) is 3.21. The van der Waals surface area contributed by atoms with Crippen LogP contribution in [-0.4, -0.2) is 22.5 Å². The molecule has 0 spiro atoms. The molecule has 0 saturated heterocycles. The summed E-state index contributed by atoms with van der Waals surface area (Å²) in [7, 11) is -1.91. The molecule has 0 aliphatic rings. The van der Waals surface area contributed by atoms with Crippen LogP contribution in [0.25, 0.3) is 16.6 Å². The van der Waals surface area contributed by atoms with E-state index in [-0.39, 0.29) is 9.79 Å². The Morgan fingerprint density at radius 2 is 1.81 bits per heavy atom. The predicted octanol–water partition coefficient (Wildman–Crippen LogP) is 4.47. The molecule has 27 heavy (non-hydrogen) atoms. The Bertz CT molecular complexity index is 1290. The van der Waals surface area contributed by atoms with Gasteiger partial charge in [-0.15, -0.1) is 0 Å². The zero-order chi connectivity index (χ0) is 19.3. The molecule has 138 valence electrons. The molecule has 0 atom stereocenters. The van der Waals surface area contributed by atoms with Crippen LogP contribution in [0.3, 0.4) is 0 Å². The van der Waals surface area contributed by atoms with Crippen molar-refractivity contribution >= 4 is 32.3 Å². The standard InChI is InChI=1S/C20H18ClN3O2S/c1-13-9-15(24-10-14(2)22-12-24)7-8-18(13)27(25,26)19-11-23(3)17-6-4-5-16(21)20(17)19/h4-12H,1-3H3. The molecule has 0 radical (unpaired) electrons. The molecule has 0 fully saturated rings. The minimum absolute atomic E-state index is 0.222. The molecular formula is C20H18ClN3O2S. The third-order valence-corrected chi connectivity index (χ3v) is 6.92. The highest BCUT2D eigenvalue weighted by Crippen LogP contribution is 2.35. The van der Waals surface area contributed by atoms with Crippen molar-refractivity contribution in [3.05, 3.63) is 71.4 Å². The fraction of sp³-hybridized carbons (Fsp3) is 0.150. The lowest BCUT2D eigenvalue weighted by Gasteiger charge is -2.10. The third-order valence-electron chi connectivity index (χ3n) is 4.68. The van der Waals surface area contributed by atoms with Crippen LogP contribution in [0.5, 0.6) is 0 Å². The molecular weight excluding hydrogens is 382 g/mol. The second-order valence-electron chi connectivity index (χ2n) is 6.61. The third kappa shape index (κ3) is 2.85. The van der Waals surface area contributed by atoms with Gasteiger partial charge in [-0.2, -0.15) is 0 Å². The average Bonchev–Trinajstić information content (AvgIpc) is 3.20. The van der Waals surface area contributed by atoms with E-state index in [0.29, 0.717) is 16.0 Å². The Kier molecular flexibility index (Phi) is 4.13. The molecule has 2 aromatic heterocycles. The monoisotopic (exact) mass is 399 g/mol. The fourth-order valence-corrected chi connectivity index (χ4v) is 5.42. The normalized spacial score (nSPS) is 12.0. The molecule has 0 saturated carbocycles. The minimum Gasteiger partial charge on any atom is -0.349 e. The van der Waals surface area contributed by atoms with Crippen LogP contribution in [0.1, 0.15) is 11.3 Å². The number of hydrogen-bond acceptors (Lipinski definition) is 3. The summed E-state index contributed by atoms with van der Waals surface area (Å²) in [6, 6.07) is 10.7. The first kappa shape index (κ1) is 17.8. The van der Waals surface area contributed by atoms with Crippen molar-refractivity contribution < 1.29 is 8.42 Å². The number of aryl methyl sites for hydroxylation is 3. The van der Waals surface area contributed by atoms with Crippen molar-refractivity contribution in [2.24, 2.45) is 7.05 Å². The van der Waals surface area contributed by atoms with Gasteiger partial charge in [0.05, 0.1) is 32.4 Å². The lowest BCUT2D eigenvalue weighted by Crippen LogP contribution is -2.05. The predicted molar refractivity (Wildman–Crippen MR) is 106 cm³/mol. The molecule has 0 amide bonds. The lowest BCUT2D eigenvalue weighted by molar-refractivity contribution is 0.596. The van der Waals surface area contributed by atoms with E-state index in [4.69, 9.17) is 11.6 Å². The second-order valence-corrected chi connectivity index (χ2v) is 8.91. The molecule has 5 nitrogen and oxygen atoms in total. The van der Waals surface area contributed by atoms with Crippen molar-refractivity contribution in [1.29, 1.82) is 0 Å². The minimum atomic E-state index is -3.72. The number of halogens is 1. The topological polar surface area (TPSA) is 56.9 Å². The summed E-state index contributed by atoms with van der Waals surface area (Å²) in [6.07, 6.45) is 5.23. The maximum absolute atomic E-state index is 13.4. The number of nitrogens with zero attached hydrogens (tertiary/aromatic N) is 3. The van der Waals surface area contributed by atoms with Gasteiger partial charge in [-0.1, -0.05) is 17.7 Å². The van der Waals surface area contributed by atoms with E-state index < -0.39 is 9.84 Å². The quantitative estimate of drug-likeness (QED) is 0.510. The first-order valence-corrected chi connectivity index (χ1v) is 10.3. The SMILES string of the molecule is Cc1cn(-c2ccc(S(=O)(=O)c3cn(C)c4cccc(Cl)c34)c(C)c2)cn1. The van der Waals surface area contributed by atoms with Crippen LogP contribution in [0.2, 0.25) is 5.02 Å². The van der Waals surface area contributed by atoms with E-state index in [2.05, 4.69) is 4.98 Å². The van der Waals surface area contributed by atoms with Crippen molar-refractivity contribution in [2.75, 3.05) is 0 Å². The van der Waals surface area contributed by atoms with Gasteiger partial charge < -0.3 is 9.13 Å². The highest BCUT2D eigenvalue weighted by molar-refractivity contribution is 7.91. The summed E-state index contributed by atoms with van der Waals surface area (Å²) in [4.78, 5) is 4.71. The van der Waals surface area contributed by atoms with Gasteiger partial charge in [-0.05, 0) is 49.7 Å². The average molecular weight is 400 g/mol. The summed E-state index contributed by atoms with van der Waals surface area (Å²) < 4.78 is 30.4. The molecule has 0 unspecified atom stereocenters. The molecule has 0 bridgehead atoms. The van der Waals surface area contributed by atoms with E-state index in [0.717, 1.165) is 16.9 Å². The summed E-state index contributed by atoms with van der Waals surface area (Å²) >= 11 is 6.33. The zero-order valence-corrected chi connectivity index (χ0v) is 16.7. The van der Waals surface area contributed by atoms with E-state index in [1.54, 1.807) is 42.2 Å². The van der Waals surface area contributed by atoms with E-state index in [1.165, 1.54) is 0 Å². The second kappa shape index (κ2) is 6.25. The Labute approximate surface area is 162 Å². The van der Waals surface area contributed by atoms with Crippen LogP contribution in [0.15, 0.2) is 64.9 Å². The molecule has 0 N–H and O–H groups in total. The van der Waals surface area contributed by atoms with Gasteiger partial charge in [0.25, 0.3) is 0 Å². The Hall–Kier alpha value is -2.57. The number of rotatable bonds is 3. The molecule has 4 aromatic rings. The first-order valence-electron chi connectivity index (χ1n) is 8.39. The van der Waals surface area contributed by atoms with E-state index in [9.17, 15) is 8.42 Å². The van der Waals surface area contributed by atoms with Crippen LogP contribution < -0.4 is 0 Å². The Balaban J connectivity index is 1.88. The van der Waals surface area contributed by atoms with Crippen molar-refractivity contribution in [3.63, 3.8) is 0 Å². The van der Waals surface area contributed by atoms with Gasteiger partial charge in [-0.3, -0.25) is 0 Å². The summed E-state index contributed by atoms with van der Waals surface area (Å²) in [5, 5.41) is 0.977. The van der Waals surface area contributed by atoms with Gasteiger partial charge in [0.1, 0.15) is 0 Å². The lowest BCUT2D eigenvalue weighted by atomic mass is 10.2. The van der Waals surface area contributed by atoms with Crippen LogP contribution in [0.4, 0.5) is 0 Å². The molecule has 0 aliphatic carbocycles. The highest BCUT2D eigenvalue weighted by Gasteiger charge is 2.26. The van der Waals surface area contributed by atoms with E-state index >= 15 is 0 Å². The molecule has 7 heteroatoms. The first-order chi connectivity index (χ1) is 12.8.